The van der Waals surface area contributed by atoms with E-state index >= 15 is 0 Å². The van der Waals surface area contributed by atoms with E-state index in [1.54, 1.807) is 16.6 Å². The van der Waals surface area contributed by atoms with Crippen LogP contribution in [-0.4, -0.2) is 78.8 Å². The van der Waals surface area contributed by atoms with E-state index < -0.39 is 0 Å². The lowest BCUT2D eigenvalue weighted by Gasteiger charge is -2.37. The quantitative estimate of drug-likeness (QED) is 0.627. The molecule has 1 atom stereocenters. The lowest BCUT2D eigenvalue weighted by atomic mass is 9.84. The van der Waals surface area contributed by atoms with Crippen LogP contribution in [0.4, 0.5) is 0 Å². The molecule has 0 radical (unpaired) electrons. The number of nitrogens with zero attached hydrogens (tertiary/aromatic N) is 5. The maximum atomic E-state index is 12.8. The fourth-order valence-electron chi connectivity index (χ4n) is 4.22. The van der Waals surface area contributed by atoms with Crippen molar-refractivity contribution in [3.8, 4) is 0 Å². The second kappa shape index (κ2) is 8.29. The number of carbonyl (C=O) groups is 1. The summed E-state index contributed by atoms with van der Waals surface area (Å²) in [7, 11) is 7.40. The number of morpholine rings is 1. The summed E-state index contributed by atoms with van der Waals surface area (Å²) in [6.45, 7) is 2.78. The van der Waals surface area contributed by atoms with Crippen molar-refractivity contribution < 1.29 is 9.53 Å². The van der Waals surface area contributed by atoms with Crippen LogP contribution in [-0.2, 0) is 16.6 Å². The number of amides is 1. The molecule has 0 aromatic carbocycles. The molecule has 1 aromatic rings. The molecule has 1 N–H and O–H groups in total. The number of ether oxygens (including phenoxy) is 1. The molecule has 0 spiro atoms. The predicted octanol–water partition coefficient (Wildman–Crippen LogP) is 1.02. The number of guanidine groups is 1. The van der Waals surface area contributed by atoms with E-state index in [4.69, 9.17) is 4.74 Å². The summed E-state index contributed by atoms with van der Waals surface area (Å²) in [4.78, 5) is 21.2. The summed E-state index contributed by atoms with van der Waals surface area (Å²) in [6, 6.07) is 0. The molecule has 1 saturated heterocycles. The summed E-state index contributed by atoms with van der Waals surface area (Å²) < 4.78 is 7.72. The maximum Gasteiger partial charge on any atom is 0.230 e. The van der Waals surface area contributed by atoms with Gasteiger partial charge in [-0.25, -0.2) is 0 Å². The number of aryl methyl sites for hydroxylation is 1. The first-order valence-electron chi connectivity index (χ1n) is 9.73. The molecule has 1 saturated carbocycles. The van der Waals surface area contributed by atoms with Crippen LogP contribution < -0.4 is 5.32 Å². The molecule has 8 nitrogen and oxygen atoms in total. The molecule has 1 unspecified atom stereocenters. The molecule has 1 aromatic heterocycles. The fourth-order valence-corrected chi connectivity index (χ4v) is 4.22. The monoisotopic (exact) mass is 376 g/mol. The van der Waals surface area contributed by atoms with Gasteiger partial charge in [0.15, 0.2) is 5.96 Å². The van der Waals surface area contributed by atoms with E-state index in [-0.39, 0.29) is 17.4 Å². The van der Waals surface area contributed by atoms with Gasteiger partial charge in [-0.3, -0.25) is 14.5 Å². The minimum absolute atomic E-state index is 0.0187. The summed E-state index contributed by atoms with van der Waals surface area (Å²) in [6.07, 6.45) is 7.93. The molecule has 8 heteroatoms. The zero-order valence-corrected chi connectivity index (χ0v) is 16.9. The van der Waals surface area contributed by atoms with Crippen molar-refractivity contribution in [1.82, 2.24) is 24.9 Å². The number of hydrogen-bond acceptors (Lipinski definition) is 4. The topological polar surface area (TPSA) is 75.0 Å². The highest BCUT2D eigenvalue weighted by atomic mass is 16.5. The van der Waals surface area contributed by atoms with Crippen molar-refractivity contribution in [1.29, 1.82) is 0 Å². The molecule has 0 bridgehead atoms. The van der Waals surface area contributed by atoms with Crippen LogP contribution >= 0.6 is 0 Å². The fraction of sp³-hybridized carbons (Fsp3) is 0.737. The molecule has 27 heavy (non-hydrogen) atoms. The summed E-state index contributed by atoms with van der Waals surface area (Å²) >= 11 is 0. The largest absolute Gasteiger partial charge is 0.370 e. The molecule has 3 rings (SSSR count). The summed E-state index contributed by atoms with van der Waals surface area (Å²) in [5, 5.41) is 7.73. The van der Waals surface area contributed by atoms with Crippen LogP contribution in [0.25, 0.3) is 0 Å². The van der Waals surface area contributed by atoms with Gasteiger partial charge in [0.05, 0.1) is 24.8 Å². The molecule has 2 fully saturated rings. The van der Waals surface area contributed by atoms with Gasteiger partial charge in [0.2, 0.25) is 5.91 Å². The minimum Gasteiger partial charge on any atom is -0.370 e. The highest BCUT2D eigenvalue weighted by Crippen LogP contribution is 2.39. The summed E-state index contributed by atoms with van der Waals surface area (Å²) in [5.74, 6) is 1.06. The van der Waals surface area contributed by atoms with E-state index in [0.29, 0.717) is 13.2 Å². The SMILES string of the molecule is CN=C(NCC1(C(=O)N(C)C)CCCC1)N1CCOC(c2cnn(C)c2)C1. The second-order valence-corrected chi connectivity index (χ2v) is 7.84. The first-order valence-corrected chi connectivity index (χ1v) is 9.73. The predicted molar refractivity (Wildman–Crippen MR) is 104 cm³/mol. The van der Waals surface area contributed by atoms with E-state index in [2.05, 4.69) is 20.3 Å². The molecular formula is C19H32N6O2. The van der Waals surface area contributed by atoms with E-state index in [1.807, 2.05) is 33.5 Å². The Morgan fingerprint density at radius 1 is 1.44 bits per heavy atom. The number of aromatic nitrogens is 2. The van der Waals surface area contributed by atoms with Crippen LogP contribution in [0.15, 0.2) is 17.4 Å². The Kier molecular flexibility index (Phi) is 6.04. The molecule has 2 aliphatic rings. The Labute approximate surface area is 161 Å². The van der Waals surface area contributed by atoms with Crippen molar-refractivity contribution in [3.05, 3.63) is 18.0 Å². The average Bonchev–Trinajstić information content (AvgIpc) is 3.32. The zero-order valence-electron chi connectivity index (χ0n) is 16.9. The highest BCUT2D eigenvalue weighted by Gasteiger charge is 2.42. The number of nitrogens with one attached hydrogen (secondary N) is 1. The molecule has 150 valence electrons. The van der Waals surface area contributed by atoms with Gasteiger partial charge in [-0.1, -0.05) is 12.8 Å². The third kappa shape index (κ3) is 4.26. The van der Waals surface area contributed by atoms with Gasteiger partial charge in [-0.05, 0) is 12.8 Å². The Bertz CT molecular complexity index is 677. The Morgan fingerprint density at radius 2 is 2.19 bits per heavy atom. The normalized spacial score (nSPS) is 22.7. The van der Waals surface area contributed by atoms with Crippen LogP contribution in [0.3, 0.4) is 0 Å². The molecule has 1 aliphatic heterocycles. The molecule has 2 heterocycles. The van der Waals surface area contributed by atoms with Gasteiger partial charge in [0, 0.05) is 53.0 Å². The molecular weight excluding hydrogens is 344 g/mol. The van der Waals surface area contributed by atoms with Gasteiger partial charge in [0.25, 0.3) is 0 Å². The van der Waals surface area contributed by atoms with E-state index in [0.717, 1.165) is 50.3 Å². The van der Waals surface area contributed by atoms with Crippen LogP contribution in [0, 0.1) is 5.41 Å². The third-order valence-electron chi connectivity index (χ3n) is 5.68. The van der Waals surface area contributed by atoms with Crippen LogP contribution in [0.5, 0.6) is 0 Å². The number of aliphatic imine (C=N–C) groups is 1. The second-order valence-electron chi connectivity index (χ2n) is 7.84. The lowest BCUT2D eigenvalue weighted by molar-refractivity contribution is -0.138. The first-order chi connectivity index (χ1) is 12.9. The van der Waals surface area contributed by atoms with Gasteiger partial charge < -0.3 is 19.9 Å². The number of rotatable bonds is 4. The van der Waals surface area contributed by atoms with Gasteiger partial charge in [0.1, 0.15) is 6.10 Å². The Hall–Kier alpha value is -2.09. The van der Waals surface area contributed by atoms with Gasteiger partial charge >= 0.3 is 0 Å². The maximum absolute atomic E-state index is 12.8. The summed E-state index contributed by atoms with van der Waals surface area (Å²) in [5.41, 5.74) is 0.766. The lowest BCUT2D eigenvalue weighted by Crippen LogP contribution is -2.52. The van der Waals surface area contributed by atoms with Gasteiger partial charge in [-0.2, -0.15) is 5.10 Å². The van der Waals surface area contributed by atoms with Crippen molar-refractivity contribution in [2.24, 2.45) is 17.5 Å². The molecule has 1 aliphatic carbocycles. The van der Waals surface area contributed by atoms with Crippen LogP contribution in [0.1, 0.15) is 37.4 Å². The molecule has 1 amide bonds. The zero-order chi connectivity index (χ0) is 19.4. The van der Waals surface area contributed by atoms with Crippen molar-refractivity contribution >= 4 is 11.9 Å². The minimum atomic E-state index is -0.311. The Balaban J connectivity index is 1.65. The standard InChI is InChI=1S/C19H32N6O2/c1-20-18(21-14-19(7-5-6-8-19)17(26)23(2)3)25-9-10-27-16(13-25)15-11-22-24(4)12-15/h11-12,16H,5-10,13-14H2,1-4H3,(H,20,21). The average molecular weight is 377 g/mol. The highest BCUT2D eigenvalue weighted by molar-refractivity contribution is 5.85. The Morgan fingerprint density at radius 3 is 2.78 bits per heavy atom. The third-order valence-corrected chi connectivity index (χ3v) is 5.68. The number of carbonyl (C=O) groups excluding carboxylic acids is 1. The van der Waals surface area contributed by atoms with E-state index in [1.165, 1.54) is 0 Å². The van der Waals surface area contributed by atoms with Gasteiger partial charge in [-0.15, -0.1) is 0 Å². The van der Waals surface area contributed by atoms with E-state index in [9.17, 15) is 4.79 Å². The van der Waals surface area contributed by atoms with Crippen molar-refractivity contribution in [2.45, 2.75) is 31.8 Å². The smallest absolute Gasteiger partial charge is 0.230 e. The first kappa shape index (κ1) is 19.7. The number of hydrogen-bond donors (Lipinski definition) is 1. The van der Waals surface area contributed by atoms with Crippen molar-refractivity contribution in [3.63, 3.8) is 0 Å². The van der Waals surface area contributed by atoms with Crippen LogP contribution in [0.2, 0.25) is 0 Å². The van der Waals surface area contributed by atoms with Crippen molar-refractivity contribution in [2.75, 3.05) is 47.4 Å².